The van der Waals surface area contributed by atoms with E-state index in [1.165, 1.54) is 30.6 Å². The zero-order valence-electron chi connectivity index (χ0n) is 12.4. The van der Waals surface area contributed by atoms with Gasteiger partial charge in [-0.3, -0.25) is 0 Å². The SMILES string of the molecule is CN(CC1CC2CCC1C2)C(=O)N1C[C@@H](O)C[C@H]1C(=O)O. The van der Waals surface area contributed by atoms with Crippen molar-refractivity contribution in [3.8, 4) is 0 Å². The summed E-state index contributed by atoms with van der Waals surface area (Å²) < 4.78 is 0. The van der Waals surface area contributed by atoms with Crippen molar-refractivity contribution in [2.45, 2.75) is 44.2 Å². The number of carbonyl (C=O) groups excluding carboxylic acids is 1. The standard InChI is InChI=1S/C15H24N2O4/c1-16(7-11-5-9-2-3-10(11)4-9)15(21)17-8-12(18)6-13(17)14(19)20/h9-13,18H,2-8H2,1H3,(H,19,20)/t9?,10?,11?,12-,13-/m0/s1. The van der Waals surface area contributed by atoms with Crippen LogP contribution in [0.5, 0.6) is 0 Å². The zero-order valence-corrected chi connectivity index (χ0v) is 12.4. The number of aliphatic hydroxyl groups is 1. The summed E-state index contributed by atoms with van der Waals surface area (Å²) in [4.78, 5) is 26.6. The quantitative estimate of drug-likeness (QED) is 0.814. The van der Waals surface area contributed by atoms with Crippen molar-refractivity contribution in [3.05, 3.63) is 0 Å². The second-order valence-electron chi connectivity index (χ2n) is 6.99. The fraction of sp³-hybridized carbons (Fsp3) is 0.867. The molecule has 1 aliphatic heterocycles. The van der Waals surface area contributed by atoms with Crippen LogP contribution < -0.4 is 0 Å². The maximum atomic E-state index is 12.5. The molecule has 6 heteroatoms. The van der Waals surface area contributed by atoms with Crippen LogP contribution in [0.25, 0.3) is 0 Å². The molecule has 0 aromatic carbocycles. The lowest BCUT2D eigenvalue weighted by Gasteiger charge is -2.31. The van der Waals surface area contributed by atoms with Crippen LogP contribution in [0.3, 0.4) is 0 Å². The number of nitrogens with zero attached hydrogens (tertiary/aromatic N) is 2. The maximum absolute atomic E-state index is 12.5. The summed E-state index contributed by atoms with van der Waals surface area (Å²) in [6.45, 7) is 0.829. The van der Waals surface area contributed by atoms with E-state index in [1.54, 1.807) is 11.9 Å². The minimum absolute atomic E-state index is 0.122. The number of aliphatic hydroxyl groups excluding tert-OH is 1. The third kappa shape index (κ3) is 2.73. The van der Waals surface area contributed by atoms with Crippen molar-refractivity contribution in [3.63, 3.8) is 0 Å². The number of amides is 2. The van der Waals surface area contributed by atoms with Gasteiger partial charge in [-0.05, 0) is 37.0 Å². The van der Waals surface area contributed by atoms with Gasteiger partial charge in [-0.1, -0.05) is 6.42 Å². The predicted octanol–water partition coefficient (Wildman–Crippen LogP) is 0.994. The van der Waals surface area contributed by atoms with Crippen molar-refractivity contribution < 1.29 is 19.8 Å². The molecular formula is C15H24N2O4. The second kappa shape index (κ2) is 5.48. The molecule has 118 valence electrons. The molecule has 3 rings (SSSR count). The van der Waals surface area contributed by atoms with Crippen LogP contribution in [-0.2, 0) is 4.79 Å². The number of rotatable bonds is 3. The average molecular weight is 296 g/mol. The Morgan fingerprint density at radius 1 is 1.24 bits per heavy atom. The van der Waals surface area contributed by atoms with Crippen LogP contribution in [0.15, 0.2) is 0 Å². The highest BCUT2D eigenvalue weighted by molar-refractivity contribution is 5.83. The first-order valence-electron chi connectivity index (χ1n) is 7.88. The van der Waals surface area contributed by atoms with E-state index in [0.29, 0.717) is 12.5 Å². The van der Waals surface area contributed by atoms with Crippen LogP contribution in [0.1, 0.15) is 32.1 Å². The van der Waals surface area contributed by atoms with Gasteiger partial charge >= 0.3 is 12.0 Å². The molecule has 0 radical (unpaired) electrons. The summed E-state index contributed by atoms with van der Waals surface area (Å²) >= 11 is 0. The lowest BCUT2D eigenvalue weighted by Crippen LogP contribution is -2.48. The molecule has 3 fully saturated rings. The number of carboxylic acids is 1. The summed E-state index contributed by atoms with van der Waals surface area (Å²) in [6, 6.07) is -1.16. The number of hydrogen-bond acceptors (Lipinski definition) is 3. The van der Waals surface area contributed by atoms with Gasteiger partial charge in [0.25, 0.3) is 0 Å². The Labute approximate surface area is 124 Å². The molecule has 3 aliphatic rings. The Balaban J connectivity index is 1.60. The van der Waals surface area contributed by atoms with E-state index >= 15 is 0 Å². The van der Waals surface area contributed by atoms with Gasteiger partial charge in [-0.25, -0.2) is 9.59 Å². The Hall–Kier alpha value is -1.30. The Morgan fingerprint density at radius 2 is 2.00 bits per heavy atom. The van der Waals surface area contributed by atoms with Gasteiger partial charge in [-0.15, -0.1) is 0 Å². The molecule has 1 heterocycles. The molecule has 0 aromatic heterocycles. The first-order valence-corrected chi connectivity index (χ1v) is 7.88. The fourth-order valence-corrected chi connectivity index (χ4v) is 4.51. The molecule has 3 unspecified atom stereocenters. The summed E-state index contributed by atoms with van der Waals surface area (Å²) in [7, 11) is 1.75. The van der Waals surface area contributed by atoms with E-state index in [1.807, 2.05) is 0 Å². The minimum Gasteiger partial charge on any atom is -0.480 e. The topological polar surface area (TPSA) is 81.1 Å². The van der Waals surface area contributed by atoms with E-state index < -0.39 is 18.1 Å². The molecule has 0 spiro atoms. The normalized spacial score (nSPS) is 38.0. The Kier molecular flexibility index (Phi) is 3.82. The highest BCUT2D eigenvalue weighted by Crippen LogP contribution is 2.48. The largest absolute Gasteiger partial charge is 0.480 e. The van der Waals surface area contributed by atoms with Gasteiger partial charge in [0, 0.05) is 26.6 Å². The predicted molar refractivity (Wildman–Crippen MR) is 75.7 cm³/mol. The number of likely N-dealkylation sites (tertiary alicyclic amines) is 1. The molecule has 1 saturated heterocycles. The Morgan fingerprint density at radius 3 is 2.57 bits per heavy atom. The molecule has 2 saturated carbocycles. The highest BCUT2D eigenvalue weighted by atomic mass is 16.4. The third-order valence-electron chi connectivity index (χ3n) is 5.53. The zero-order chi connectivity index (χ0) is 15.1. The molecule has 2 N–H and O–H groups in total. The van der Waals surface area contributed by atoms with Gasteiger partial charge < -0.3 is 20.0 Å². The molecule has 2 bridgehead atoms. The number of aliphatic carboxylic acids is 1. The fourth-order valence-electron chi connectivity index (χ4n) is 4.51. The summed E-state index contributed by atoms with van der Waals surface area (Å²) in [5.74, 6) is 1.11. The van der Waals surface area contributed by atoms with Crippen molar-refractivity contribution in [1.29, 1.82) is 0 Å². The monoisotopic (exact) mass is 296 g/mol. The van der Waals surface area contributed by atoms with E-state index in [9.17, 15) is 19.8 Å². The first kappa shape index (κ1) is 14.6. The lowest BCUT2D eigenvalue weighted by atomic mass is 9.88. The molecule has 5 atom stereocenters. The van der Waals surface area contributed by atoms with Crippen LogP contribution in [0.4, 0.5) is 4.79 Å². The number of fused-ring (bicyclic) bond motifs is 2. The van der Waals surface area contributed by atoms with Gasteiger partial charge in [0.05, 0.1) is 6.10 Å². The maximum Gasteiger partial charge on any atom is 0.326 e. The van der Waals surface area contributed by atoms with Crippen LogP contribution in [0, 0.1) is 17.8 Å². The third-order valence-corrected chi connectivity index (χ3v) is 5.53. The number of carbonyl (C=O) groups is 2. The number of β-amino-alcohol motifs (C(OH)–C–C–N with tert-alkyl or cyclic N) is 1. The average Bonchev–Trinajstić information content (AvgIpc) is 3.12. The highest BCUT2D eigenvalue weighted by Gasteiger charge is 2.43. The van der Waals surface area contributed by atoms with Crippen molar-refractivity contribution in [1.82, 2.24) is 9.80 Å². The Bertz CT molecular complexity index is 441. The van der Waals surface area contributed by atoms with Crippen molar-refractivity contribution in [2.75, 3.05) is 20.1 Å². The van der Waals surface area contributed by atoms with Gasteiger partial charge in [-0.2, -0.15) is 0 Å². The van der Waals surface area contributed by atoms with E-state index in [0.717, 1.165) is 11.8 Å². The molecule has 2 aliphatic carbocycles. The summed E-state index contributed by atoms with van der Waals surface area (Å²) in [5.41, 5.74) is 0. The smallest absolute Gasteiger partial charge is 0.326 e. The molecule has 0 aromatic rings. The van der Waals surface area contributed by atoms with Crippen molar-refractivity contribution in [2.24, 2.45) is 17.8 Å². The summed E-state index contributed by atoms with van der Waals surface area (Å²) in [6.07, 6.45) is 4.50. The molecule has 2 amide bonds. The van der Waals surface area contributed by atoms with Crippen LogP contribution in [0.2, 0.25) is 0 Å². The van der Waals surface area contributed by atoms with Gasteiger partial charge in [0.1, 0.15) is 6.04 Å². The first-order chi connectivity index (χ1) is 9.95. The van der Waals surface area contributed by atoms with Gasteiger partial charge in [0.2, 0.25) is 0 Å². The molecular weight excluding hydrogens is 272 g/mol. The van der Waals surface area contributed by atoms with Crippen molar-refractivity contribution >= 4 is 12.0 Å². The number of hydrogen-bond donors (Lipinski definition) is 2. The molecule has 6 nitrogen and oxygen atoms in total. The van der Waals surface area contributed by atoms with E-state index in [2.05, 4.69) is 0 Å². The minimum atomic E-state index is -1.03. The second-order valence-corrected chi connectivity index (χ2v) is 6.99. The van der Waals surface area contributed by atoms with E-state index in [-0.39, 0.29) is 19.0 Å². The number of urea groups is 1. The summed E-state index contributed by atoms with van der Waals surface area (Å²) in [5, 5.41) is 18.8. The van der Waals surface area contributed by atoms with Gasteiger partial charge in [0.15, 0.2) is 0 Å². The van der Waals surface area contributed by atoms with Crippen LogP contribution in [-0.4, -0.2) is 64.3 Å². The number of carboxylic acid groups (broad SMARTS) is 1. The van der Waals surface area contributed by atoms with Crippen LogP contribution >= 0.6 is 0 Å². The van der Waals surface area contributed by atoms with E-state index in [4.69, 9.17) is 0 Å². The molecule has 21 heavy (non-hydrogen) atoms. The lowest BCUT2D eigenvalue weighted by molar-refractivity contribution is -0.141.